The summed E-state index contributed by atoms with van der Waals surface area (Å²) in [6.07, 6.45) is 4.98. The van der Waals surface area contributed by atoms with Crippen molar-refractivity contribution in [2.75, 3.05) is 40.5 Å². The summed E-state index contributed by atoms with van der Waals surface area (Å²) in [4.78, 5) is 70.6. The van der Waals surface area contributed by atoms with Crippen molar-refractivity contribution in [1.29, 1.82) is 0 Å². The lowest BCUT2D eigenvalue weighted by atomic mass is 10.0. The number of carbonyl (C=O) groups excluding carboxylic acids is 4. The van der Waals surface area contributed by atoms with Crippen LogP contribution in [-0.2, 0) is 28.5 Å². The number of hydrogen-bond donors (Lipinski definition) is 4. The lowest BCUT2D eigenvalue weighted by Crippen LogP contribution is -2.51. The molecule has 3 fully saturated rings. The number of methoxy groups -OCH3 is 2. The minimum absolute atomic E-state index is 0.0609. The summed E-state index contributed by atoms with van der Waals surface area (Å²) < 4.78 is 21.8. The molecule has 0 bridgehead atoms. The molecule has 0 spiro atoms. The topological polar surface area (TPSA) is 193 Å². The number of aromatic amines is 2. The number of H-pyrrole nitrogens is 2. The number of benzene rings is 1. The number of nitrogens with zero attached hydrogens (tertiary/aromatic N) is 4. The number of likely N-dealkylation sites (tertiary alicyclic amines) is 2. The van der Waals surface area contributed by atoms with Crippen LogP contribution in [0.25, 0.3) is 11.3 Å². The molecule has 3 aromatic rings. The summed E-state index contributed by atoms with van der Waals surface area (Å²) in [5.41, 5.74) is 3.52. The van der Waals surface area contributed by atoms with E-state index in [0.717, 1.165) is 48.2 Å². The Bertz CT molecular complexity index is 1770. The number of carbonyl (C=O) groups is 4. The molecule has 6 rings (SSSR count). The van der Waals surface area contributed by atoms with Crippen LogP contribution in [0.2, 0.25) is 0 Å². The third-order valence-corrected chi connectivity index (χ3v) is 10.5. The number of amides is 4. The van der Waals surface area contributed by atoms with Gasteiger partial charge in [-0.05, 0) is 43.1 Å². The van der Waals surface area contributed by atoms with Gasteiger partial charge in [0.1, 0.15) is 23.7 Å². The molecule has 0 saturated carbocycles. The fraction of sp³-hybridized carbons (Fsp3) is 0.579. The van der Waals surface area contributed by atoms with Crippen molar-refractivity contribution in [3.05, 3.63) is 59.6 Å². The predicted molar refractivity (Wildman–Crippen MR) is 196 cm³/mol. The Morgan fingerprint density at radius 2 is 1.26 bits per heavy atom. The van der Waals surface area contributed by atoms with Crippen LogP contribution >= 0.6 is 0 Å². The van der Waals surface area contributed by atoms with Crippen LogP contribution in [0.5, 0.6) is 0 Å². The van der Waals surface area contributed by atoms with Crippen LogP contribution in [0.15, 0.2) is 36.7 Å². The van der Waals surface area contributed by atoms with E-state index < -0.39 is 30.6 Å². The zero-order valence-electron chi connectivity index (χ0n) is 31.8. The second kappa shape index (κ2) is 17.0. The lowest BCUT2D eigenvalue weighted by Gasteiger charge is -2.30. The average Bonchev–Trinajstić information content (AvgIpc) is 4.02. The van der Waals surface area contributed by atoms with E-state index in [-0.39, 0.29) is 41.7 Å². The van der Waals surface area contributed by atoms with Gasteiger partial charge in [-0.3, -0.25) is 9.59 Å². The number of alkyl carbamates (subject to hydrolysis) is 2. The van der Waals surface area contributed by atoms with E-state index in [1.165, 1.54) is 14.2 Å². The highest BCUT2D eigenvalue weighted by Crippen LogP contribution is 2.36. The first-order chi connectivity index (χ1) is 26.0. The van der Waals surface area contributed by atoms with Crippen LogP contribution in [0, 0.1) is 11.8 Å². The molecule has 1 aromatic carbocycles. The van der Waals surface area contributed by atoms with Gasteiger partial charge in [0, 0.05) is 36.5 Å². The van der Waals surface area contributed by atoms with Crippen molar-refractivity contribution in [3.8, 4) is 11.3 Å². The van der Waals surface area contributed by atoms with E-state index in [1.807, 2.05) is 52.0 Å². The standard InChI is InChI=1S/C38H52N8O8/c1-21(2)30(43-37(49)51-5)34(47)45-15-7-9-28(45)32-39-17-26(41-32)23-11-13-24(14-12-23)36-53-19-25(20-54-36)27-18-40-33(42-27)29-10-8-16-46(29)35(48)31(22(3)4)44-38(50)52-6/h11-14,17-18,21-22,25,28-31,36H,7-10,15-16,19-20H2,1-6H3,(H,39,41)(H,40,42)(H,43,49)(H,44,50)/t25?,28-,29-,30-,31-,36?/m0/s1. The van der Waals surface area contributed by atoms with Gasteiger partial charge in [0.2, 0.25) is 11.8 Å². The Kier molecular flexibility index (Phi) is 12.2. The van der Waals surface area contributed by atoms with Crippen LogP contribution in [0.3, 0.4) is 0 Å². The van der Waals surface area contributed by atoms with Crippen LogP contribution in [0.1, 0.15) is 101 Å². The molecule has 4 N–H and O–H groups in total. The molecule has 3 saturated heterocycles. The van der Waals surface area contributed by atoms with Gasteiger partial charge in [0.05, 0.1) is 51.4 Å². The van der Waals surface area contributed by atoms with Gasteiger partial charge >= 0.3 is 12.2 Å². The third kappa shape index (κ3) is 8.39. The van der Waals surface area contributed by atoms with Gasteiger partial charge in [-0.1, -0.05) is 52.0 Å². The van der Waals surface area contributed by atoms with Crippen molar-refractivity contribution >= 4 is 24.0 Å². The van der Waals surface area contributed by atoms with Gasteiger partial charge in [-0.2, -0.15) is 0 Å². The first-order valence-corrected chi connectivity index (χ1v) is 18.7. The number of imidazole rings is 2. The molecule has 3 aliphatic heterocycles. The molecule has 16 nitrogen and oxygen atoms in total. The number of hydrogen-bond acceptors (Lipinski definition) is 10. The average molecular weight is 749 g/mol. The van der Waals surface area contributed by atoms with E-state index in [0.29, 0.717) is 38.0 Å². The summed E-state index contributed by atoms with van der Waals surface area (Å²) in [6.45, 7) is 9.58. The van der Waals surface area contributed by atoms with Crippen molar-refractivity contribution in [2.45, 2.75) is 89.8 Å². The monoisotopic (exact) mass is 748 g/mol. The molecule has 4 atom stereocenters. The molecule has 4 amide bonds. The smallest absolute Gasteiger partial charge is 0.407 e. The fourth-order valence-electron chi connectivity index (χ4n) is 7.46. The third-order valence-electron chi connectivity index (χ3n) is 10.5. The Balaban J connectivity index is 1.04. The maximum absolute atomic E-state index is 13.5. The van der Waals surface area contributed by atoms with Crippen molar-refractivity contribution < 1.29 is 38.1 Å². The summed E-state index contributed by atoms with van der Waals surface area (Å²) in [5, 5.41) is 5.37. The zero-order chi connectivity index (χ0) is 38.5. The lowest BCUT2D eigenvalue weighted by molar-refractivity contribution is -0.192. The molecular formula is C38H52N8O8. The van der Waals surface area contributed by atoms with Crippen molar-refractivity contribution in [1.82, 2.24) is 40.4 Å². The maximum atomic E-state index is 13.5. The van der Waals surface area contributed by atoms with E-state index in [2.05, 4.69) is 30.6 Å². The summed E-state index contributed by atoms with van der Waals surface area (Å²) in [5.74, 6) is 0.822. The Labute approximate surface area is 315 Å². The normalized spacial score (nSPS) is 22.7. The molecule has 2 aromatic heterocycles. The highest BCUT2D eigenvalue weighted by molar-refractivity contribution is 5.87. The van der Waals surface area contributed by atoms with Gasteiger partial charge in [-0.15, -0.1) is 0 Å². The second-order valence-corrected chi connectivity index (χ2v) is 14.8. The zero-order valence-corrected chi connectivity index (χ0v) is 31.8. The fourth-order valence-corrected chi connectivity index (χ4v) is 7.46. The number of ether oxygens (including phenoxy) is 4. The molecule has 0 unspecified atom stereocenters. The maximum Gasteiger partial charge on any atom is 0.407 e. The number of aromatic nitrogens is 4. The van der Waals surface area contributed by atoms with E-state index in [9.17, 15) is 19.2 Å². The van der Waals surface area contributed by atoms with Crippen molar-refractivity contribution in [2.24, 2.45) is 11.8 Å². The number of nitrogens with one attached hydrogen (secondary N) is 4. The Hall–Kier alpha value is -4.96. The first kappa shape index (κ1) is 38.8. The first-order valence-electron chi connectivity index (χ1n) is 18.7. The highest BCUT2D eigenvalue weighted by Gasteiger charge is 2.39. The minimum Gasteiger partial charge on any atom is -0.453 e. The summed E-state index contributed by atoms with van der Waals surface area (Å²) >= 11 is 0. The molecule has 292 valence electrons. The van der Waals surface area contributed by atoms with Crippen LogP contribution < -0.4 is 10.6 Å². The molecule has 0 radical (unpaired) electrons. The summed E-state index contributed by atoms with van der Waals surface area (Å²) in [6, 6.07) is 6.07. The van der Waals surface area contributed by atoms with Gasteiger partial charge in [-0.25, -0.2) is 19.6 Å². The van der Waals surface area contributed by atoms with E-state index in [4.69, 9.17) is 18.9 Å². The molecule has 0 aliphatic carbocycles. The quantitative estimate of drug-likeness (QED) is 0.213. The molecule has 54 heavy (non-hydrogen) atoms. The summed E-state index contributed by atoms with van der Waals surface area (Å²) in [7, 11) is 2.57. The van der Waals surface area contributed by atoms with Crippen LogP contribution in [-0.4, -0.2) is 106 Å². The molecule has 5 heterocycles. The second-order valence-electron chi connectivity index (χ2n) is 14.8. The highest BCUT2D eigenvalue weighted by atomic mass is 16.7. The molecule has 16 heteroatoms. The SMILES string of the molecule is COC(=O)N[C@H](C(=O)N1CCC[C@H]1c1ncc(-c2ccc(C3OCC(c4cnc([C@@H]5CCCN5C(=O)[C@@H](NC(=O)OC)C(C)C)[nH]4)CO3)cc2)[nH]1)C(C)C. The van der Waals surface area contributed by atoms with Gasteiger partial charge in [0.15, 0.2) is 6.29 Å². The van der Waals surface area contributed by atoms with Gasteiger partial charge in [0.25, 0.3) is 0 Å². The Morgan fingerprint density at radius 1 is 0.759 bits per heavy atom. The molecule has 3 aliphatic rings. The van der Waals surface area contributed by atoms with Crippen LogP contribution in [0.4, 0.5) is 9.59 Å². The van der Waals surface area contributed by atoms with Crippen molar-refractivity contribution in [3.63, 3.8) is 0 Å². The Morgan fingerprint density at radius 3 is 1.76 bits per heavy atom. The predicted octanol–water partition coefficient (Wildman–Crippen LogP) is 4.72. The van der Waals surface area contributed by atoms with Gasteiger partial charge < -0.3 is 49.3 Å². The van der Waals surface area contributed by atoms with E-state index >= 15 is 0 Å². The largest absolute Gasteiger partial charge is 0.453 e. The molecular weight excluding hydrogens is 696 g/mol. The van der Waals surface area contributed by atoms with E-state index in [1.54, 1.807) is 22.2 Å². The number of rotatable bonds is 11. The minimum atomic E-state index is -0.697.